The maximum absolute atomic E-state index is 13.2. The summed E-state index contributed by atoms with van der Waals surface area (Å²) in [5, 5.41) is 14.6. The molecule has 138 valence electrons. The van der Waals surface area contributed by atoms with Crippen molar-refractivity contribution in [3.63, 3.8) is 0 Å². The lowest BCUT2D eigenvalue weighted by Crippen LogP contribution is -2.26. The van der Waals surface area contributed by atoms with Crippen LogP contribution in [0.1, 0.15) is 36.6 Å². The molecule has 0 fully saturated rings. The van der Waals surface area contributed by atoms with Gasteiger partial charge in [-0.05, 0) is 23.6 Å². The van der Waals surface area contributed by atoms with E-state index in [0.717, 1.165) is 5.56 Å². The second-order valence-corrected chi connectivity index (χ2v) is 6.62. The number of hydrogen-bond donors (Lipinski definition) is 1. The van der Waals surface area contributed by atoms with Gasteiger partial charge in [0.1, 0.15) is 11.6 Å². The van der Waals surface area contributed by atoms with E-state index in [0.29, 0.717) is 23.4 Å². The fourth-order valence-corrected chi connectivity index (χ4v) is 3.15. The summed E-state index contributed by atoms with van der Waals surface area (Å²) in [6.07, 6.45) is 0. The van der Waals surface area contributed by atoms with Gasteiger partial charge < -0.3 is 14.8 Å². The van der Waals surface area contributed by atoms with Gasteiger partial charge in [0.05, 0.1) is 11.5 Å². The van der Waals surface area contributed by atoms with E-state index in [-0.39, 0.29) is 36.9 Å². The third-order valence-electron chi connectivity index (χ3n) is 4.39. The van der Waals surface area contributed by atoms with E-state index in [2.05, 4.69) is 19.2 Å². The molecule has 0 bridgehead atoms. The van der Waals surface area contributed by atoms with Gasteiger partial charge in [-0.15, -0.1) is 0 Å². The molecule has 3 rings (SSSR count). The summed E-state index contributed by atoms with van der Waals surface area (Å²) < 4.78 is 24.0. The number of halogens is 1. The standard InChI is InChI=1S/C19H21FN2O4/c1-12(2)18(13-3-5-16(20)6-4-13)21-9-14-7-17(22(23)24)8-15-10-25-11-26-19(14)15/h3-8,12,18,21H,9-11H2,1-2H3. The molecule has 1 unspecified atom stereocenters. The van der Waals surface area contributed by atoms with Crippen LogP contribution in [0.15, 0.2) is 36.4 Å². The number of nitro groups is 1. The topological polar surface area (TPSA) is 73.6 Å². The fraction of sp³-hybridized carbons (Fsp3) is 0.368. The highest BCUT2D eigenvalue weighted by Gasteiger charge is 2.22. The zero-order valence-electron chi connectivity index (χ0n) is 14.7. The Labute approximate surface area is 151 Å². The summed E-state index contributed by atoms with van der Waals surface area (Å²) in [6, 6.07) is 9.35. The van der Waals surface area contributed by atoms with Gasteiger partial charge in [-0.2, -0.15) is 0 Å². The van der Waals surface area contributed by atoms with Crippen molar-refractivity contribution in [3.05, 3.63) is 69.0 Å². The molecule has 0 amide bonds. The van der Waals surface area contributed by atoms with Gasteiger partial charge in [0, 0.05) is 35.8 Å². The number of nitrogens with zero attached hydrogens (tertiary/aromatic N) is 1. The molecule has 0 spiro atoms. The number of nitrogens with one attached hydrogen (secondary N) is 1. The molecular weight excluding hydrogens is 339 g/mol. The van der Waals surface area contributed by atoms with Gasteiger partial charge in [0.15, 0.2) is 6.79 Å². The van der Waals surface area contributed by atoms with Crippen LogP contribution < -0.4 is 10.1 Å². The third kappa shape index (κ3) is 4.00. The van der Waals surface area contributed by atoms with Crippen molar-refractivity contribution in [1.82, 2.24) is 5.32 Å². The second-order valence-electron chi connectivity index (χ2n) is 6.62. The van der Waals surface area contributed by atoms with E-state index >= 15 is 0 Å². The van der Waals surface area contributed by atoms with Crippen LogP contribution >= 0.6 is 0 Å². The van der Waals surface area contributed by atoms with Crippen LogP contribution in [-0.4, -0.2) is 11.7 Å². The van der Waals surface area contributed by atoms with Crippen LogP contribution in [0.25, 0.3) is 0 Å². The van der Waals surface area contributed by atoms with E-state index in [1.165, 1.54) is 24.3 Å². The van der Waals surface area contributed by atoms with Crippen LogP contribution in [0.3, 0.4) is 0 Å². The molecule has 2 aromatic rings. The van der Waals surface area contributed by atoms with E-state index in [1.807, 2.05) is 0 Å². The smallest absolute Gasteiger partial charge is 0.270 e. The summed E-state index contributed by atoms with van der Waals surface area (Å²) >= 11 is 0. The SMILES string of the molecule is CC(C)C(NCc1cc([N+](=O)[O-])cc2c1OCOC2)c1ccc(F)cc1. The summed E-state index contributed by atoms with van der Waals surface area (Å²) in [7, 11) is 0. The maximum atomic E-state index is 13.2. The minimum absolute atomic E-state index is 0.0116. The molecule has 0 saturated carbocycles. The summed E-state index contributed by atoms with van der Waals surface area (Å²) in [5.74, 6) is 0.604. The largest absolute Gasteiger partial charge is 0.467 e. The normalized spacial score (nSPS) is 14.6. The molecule has 26 heavy (non-hydrogen) atoms. The second kappa shape index (κ2) is 7.80. The first-order valence-corrected chi connectivity index (χ1v) is 8.45. The van der Waals surface area contributed by atoms with Crippen molar-refractivity contribution in [3.8, 4) is 5.75 Å². The number of fused-ring (bicyclic) bond motifs is 1. The number of non-ortho nitro benzene ring substituents is 1. The predicted molar refractivity (Wildman–Crippen MR) is 94.2 cm³/mol. The minimum atomic E-state index is -0.418. The average Bonchev–Trinajstić information content (AvgIpc) is 2.62. The number of rotatable bonds is 6. The van der Waals surface area contributed by atoms with Gasteiger partial charge in [-0.3, -0.25) is 10.1 Å². The molecule has 0 aromatic heterocycles. The van der Waals surface area contributed by atoms with Crippen molar-refractivity contribution in [1.29, 1.82) is 0 Å². The quantitative estimate of drug-likeness (QED) is 0.620. The minimum Gasteiger partial charge on any atom is -0.467 e. The zero-order chi connectivity index (χ0) is 18.7. The first-order chi connectivity index (χ1) is 12.5. The molecule has 7 heteroatoms. The number of hydrogen-bond acceptors (Lipinski definition) is 5. The lowest BCUT2D eigenvalue weighted by atomic mass is 9.95. The molecule has 0 saturated heterocycles. The van der Waals surface area contributed by atoms with Gasteiger partial charge in [-0.25, -0.2) is 4.39 Å². The molecular formula is C19H21FN2O4. The van der Waals surface area contributed by atoms with Gasteiger partial charge >= 0.3 is 0 Å². The van der Waals surface area contributed by atoms with E-state index in [1.54, 1.807) is 12.1 Å². The van der Waals surface area contributed by atoms with Crippen LogP contribution in [-0.2, 0) is 17.9 Å². The molecule has 1 heterocycles. The Balaban J connectivity index is 1.86. The highest BCUT2D eigenvalue weighted by atomic mass is 19.1. The Morgan fingerprint density at radius 2 is 2.00 bits per heavy atom. The van der Waals surface area contributed by atoms with Crippen LogP contribution in [0, 0.1) is 21.8 Å². The van der Waals surface area contributed by atoms with Crippen LogP contribution in [0.5, 0.6) is 5.75 Å². The van der Waals surface area contributed by atoms with Crippen molar-refractivity contribution < 1.29 is 18.8 Å². The predicted octanol–water partition coefficient (Wildman–Crippen LogP) is 4.09. The highest BCUT2D eigenvalue weighted by Crippen LogP contribution is 2.33. The van der Waals surface area contributed by atoms with Gasteiger partial charge in [-0.1, -0.05) is 26.0 Å². The van der Waals surface area contributed by atoms with Crippen molar-refractivity contribution in [2.24, 2.45) is 5.92 Å². The Hall–Kier alpha value is -2.51. The van der Waals surface area contributed by atoms with Gasteiger partial charge in [0.25, 0.3) is 5.69 Å². The Bertz CT molecular complexity index is 793. The molecule has 0 radical (unpaired) electrons. The van der Waals surface area contributed by atoms with Crippen molar-refractivity contribution >= 4 is 5.69 Å². The lowest BCUT2D eigenvalue weighted by molar-refractivity contribution is -0.385. The third-order valence-corrected chi connectivity index (χ3v) is 4.39. The summed E-state index contributed by atoms with van der Waals surface area (Å²) in [5.41, 5.74) is 2.36. The fourth-order valence-electron chi connectivity index (χ4n) is 3.15. The summed E-state index contributed by atoms with van der Waals surface area (Å²) in [4.78, 5) is 10.8. The lowest BCUT2D eigenvalue weighted by Gasteiger charge is -2.25. The van der Waals surface area contributed by atoms with E-state index in [4.69, 9.17) is 9.47 Å². The number of nitro benzene ring substituents is 1. The van der Waals surface area contributed by atoms with Crippen LogP contribution in [0.4, 0.5) is 10.1 Å². The molecule has 1 N–H and O–H groups in total. The van der Waals surface area contributed by atoms with Crippen molar-refractivity contribution in [2.45, 2.75) is 33.0 Å². The average molecular weight is 360 g/mol. The molecule has 1 aliphatic heterocycles. The Morgan fingerprint density at radius 1 is 1.27 bits per heavy atom. The van der Waals surface area contributed by atoms with E-state index < -0.39 is 4.92 Å². The van der Waals surface area contributed by atoms with Crippen LogP contribution in [0.2, 0.25) is 0 Å². The van der Waals surface area contributed by atoms with E-state index in [9.17, 15) is 14.5 Å². The molecule has 6 nitrogen and oxygen atoms in total. The monoisotopic (exact) mass is 360 g/mol. The molecule has 1 aliphatic rings. The first kappa shape index (κ1) is 18.3. The number of ether oxygens (including phenoxy) is 2. The molecule has 2 aromatic carbocycles. The molecule has 0 aliphatic carbocycles. The Morgan fingerprint density at radius 3 is 2.65 bits per heavy atom. The first-order valence-electron chi connectivity index (χ1n) is 8.45. The van der Waals surface area contributed by atoms with Crippen molar-refractivity contribution in [2.75, 3.05) is 6.79 Å². The molecule has 1 atom stereocenters. The highest BCUT2D eigenvalue weighted by molar-refractivity contribution is 5.50. The number of benzene rings is 2. The Kier molecular flexibility index (Phi) is 5.49. The zero-order valence-corrected chi connectivity index (χ0v) is 14.7. The van der Waals surface area contributed by atoms with Gasteiger partial charge in [0.2, 0.25) is 0 Å². The maximum Gasteiger partial charge on any atom is 0.270 e. The summed E-state index contributed by atoms with van der Waals surface area (Å²) in [6.45, 7) is 4.94.